The Balaban J connectivity index is 5.10. The van der Waals surface area contributed by atoms with Crippen molar-refractivity contribution in [1.29, 1.82) is 0 Å². The third-order valence-corrected chi connectivity index (χ3v) is 15.8. The maximum atomic E-state index is 13.6. The van der Waals surface area contributed by atoms with Crippen LogP contribution in [0.3, 0.4) is 0 Å². The zero-order chi connectivity index (χ0) is 63.5. The highest BCUT2D eigenvalue weighted by Gasteiger charge is 2.30. The van der Waals surface area contributed by atoms with Crippen LogP contribution in [-0.2, 0) is 27.9 Å². The zero-order valence-corrected chi connectivity index (χ0v) is 57.6. The number of hydrogen-bond donors (Lipinski definition) is 2. The summed E-state index contributed by atoms with van der Waals surface area (Å²) in [4.78, 5) is 37.9. The molecule has 3 unspecified atom stereocenters. The number of ether oxygens (including phenoxy) is 1. The standard InChI is InChI=1S/C77H131N2O7P/c1-7-10-13-16-19-22-25-27-29-31-33-35-37-38-39-40-42-44-46-48-50-52-55-58-61-64-67-70-77(81)86-75(68-65-62-59-56-53-24-21-18-15-12-9-3)74(73-85-87(82,83)84-72-71-79(4,5)6)78-76(80)69-66-63-60-57-54-51-49-47-45-43-41-36-34-32-30-28-26-23-20-17-14-11-8-2/h10-11,13-14,19-20,22-23,27-30,33-36,38-39,43,45,49,51,65,68,74-75H,7-9,12,15-18,21,24-26,31-32,37,40-42,44,46-48,50,52-64,66-67,69-73H2,1-6H3,(H-,78,80,82,83)/p+1/b13-10-,14-11-,22-19-,23-20-,29-27-,30-28-,35-33-,36-34-,39-38-,45-43-,51-49-,68-65+. The molecule has 10 heteroatoms. The molecule has 9 nitrogen and oxygen atoms in total. The Labute approximate surface area is 536 Å². The van der Waals surface area contributed by atoms with Crippen molar-refractivity contribution < 1.29 is 37.3 Å². The van der Waals surface area contributed by atoms with Crippen LogP contribution in [0.25, 0.3) is 0 Å². The molecule has 0 radical (unpaired) electrons. The lowest BCUT2D eigenvalue weighted by molar-refractivity contribution is -0.870. The zero-order valence-electron chi connectivity index (χ0n) is 56.7. The summed E-state index contributed by atoms with van der Waals surface area (Å²) in [5, 5.41) is 3.05. The molecule has 0 aromatic carbocycles. The van der Waals surface area contributed by atoms with Gasteiger partial charge < -0.3 is 19.4 Å². The quantitative estimate of drug-likeness (QED) is 0.0205. The fraction of sp³-hybridized carbons (Fsp3) is 0.662. The molecule has 0 spiro atoms. The van der Waals surface area contributed by atoms with E-state index >= 15 is 0 Å². The maximum Gasteiger partial charge on any atom is 0.472 e. The Morgan fingerprint density at radius 3 is 1.10 bits per heavy atom. The van der Waals surface area contributed by atoms with Gasteiger partial charge in [0.05, 0.1) is 33.8 Å². The maximum absolute atomic E-state index is 13.6. The average molecular weight is 1230 g/mol. The van der Waals surface area contributed by atoms with E-state index in [2.05, 4.69) is 160 Å². The molecule has 87 heavy (non-hydrogen) atoms. The van der Waals surface area contributed by atoms with Gasteiger partial charge in [-0.05, 0) is 128 Å². The molecule has 0 saturated carbocycles. The van der Waals surface area contributed by atoms with Crippen LogP contribution in [0.4, 0.5) is 0 Å². The third-order valence-electron chi connectivity index (χ3n) is 14.8. The Morgan fingerprint density at radius 1 is 0.414 bits per heavy atom. The van der Waals surface area contributed by atoms with Crippen molar-refractivity contribution >= 4 is 19.7 Å². The van der Waals surface area contributed by atoms with Crippen LogP contribution in [0.1, 0.15) is 278 Å². The van der Waals surface area contributed by atoms with Gasteiger partial charge in [0, 0.05) is 12.8 Å². The highest BCUT2D eigenvalue weighted by Crippen LogP contribution is 2.43. The molecule has 3 atom stereocenters. The van der Waals surface area contributed by atoms with Gasteiger partial charge in [-0.1, -0.05) is 283 Å². The van der Waals surface area contributed by atoms with E-state index in [0.29, 0.717) is 23.9 Å². The fourth-order valence-corrected chi connectivity index (χ4v) is 10.2. The number of amides is 1. The SMILES string of the molecule is CC/C=C\C/C=C\C/C=C\C/C=C\C/C=C\C/C=C\CCCCCCC(=O)NC(COP(=O)(O)OCC[N+](C)(C)C)C(/C=C/CCCCCCCCCCC)OC(=O)CCCCCCCCCCCCC/C=C\C/C=C\C/C=C\C/C=C\C/C=C\CC. The number of carbonyl (C=O) groups is 2. The number of esters is 1. The lowest BCUT2D eigenvalue weighted by atomic mass is 10.0. The van der Waals surface area contributed by atoms with Crippen LogP contribution in [-0.4, -0.2) is 74.3 Å². The Hall–Kier alpha value is -4.11. The number of phosphoric acid groups is 1. The number of hydrogen-bond acceptors (Lipinski definition) is 6. The van der Waals surface area contributed by atoms with Crippen LogP contribution >= 0.6 is 7.82 Å². The van der Waals surface area contributed by atoms with Crippen molar-refractivity contribution in [2.75, 3.05) is 40.9 Å². The molecule has 0 rings (SSSR count). The van der Waals surface area contributed by atoms with Gasteiger partial charge in [0.2, 0.25) is 5.91 Å². The Morgan fingerprint density at radius 2 is 0.736 bits per heavy atom. The molecule has 0 fully saturated rings. The summed E-state index contributed by atoms with van der Waals surface area (Å²) in [6, 6.07) is -0.875. The molecule has 0 bridgehead atoms. The van der Waals surface area contributed by atoms with Crippen molar-refractivity contribution in [2.45, 2.75) is 290 Å². The second kappa shape index (κ2) is 64.9. The lowest BCUT2D eigenvalue weighted by Crippen LogP contribution is -2.47. The Bertz CT molecular complexity index is 2000. The molecule has 0 aromatic rings. The number of unbranched alkanes of at least 4 members (excludes halogenated alkanes) is 24. The number of rotatable bonds is 62. The minimum absolute atomic E-state index is 0.0267. The van der Waals surface area contributed by atoms with Crippen LogP contribution in [0.5, 0.6) is 0 Å². The van der Waals surface area contributed by atoms with Gasteiger partial charge >= 0.3 is 13.8 Å². The van der Waals surface area contributed by atoms with Crippen LogP contribution in [0.2, 0.25) is 0 Å². The Kier molecular flexibility index (Phi) is 61.8. The summed E-state index contributed by atoms with van der Waals surface area (Å²) in [6.45, 7) is 6.75. The number of carbonyl (C=O) groups excluding carboxylic acids is 2. The molecule has 0 aliphatic heterocycles. The van der Waals surface area contributed by atoms with Crippen LogP contribution < -0.4 is 5.32 Å². The van der Waals surface area contributed by atoms with E-state index in [-0.39, 0.29) is 31.5 Å². The number of nitrogens with one attached hydrogen (secondary N) is 1. The summed E-state index contributed by atoms with van der Waals surface area (Å²) in [5.74, 6) is -0.545. The minimum Gasteiger partial charge on any atom is -0.456 e. The van der Waals surface area contributed by atoms with E-state index in [0.717, 1.165) is 148 Å². The summed E-state index contributed by atoms with van der Waals surface area (Å²) in [5.41, 5.74) is 0. The van der Waals surface area contributed by atoms with Crippen LogP contribution in [0, 0.1) is 0 Å². The number of allylic oxidation sites excluding steroid dienone is 23. The first kappa shape index (κ1) is 82.9. The van der Waals surface area contributed by atoms with Gasteiger partial charge in [0.15, 0.2) is 0 Å². The monoisotopic (exact) mass is 1230 g/mol. The molecule has 1 amide bonds. The number of phosphoric ester groups is 1. The smallest absolute Gasteiger partial charge is 0.456 e. The van der Waals surface area contributed by atoms with Crippen molar-refractivity contribution in [1.82, 2.24) is 5.32 Å². The molecule has 0 aliphatic rings. The molecule has 0 aliphatic carbocycles. The first-order chi connectivity index (χ1) is 42.4. The van der Waals surface area contributed by atoms with Gasteiger partial charge in [0.1, 0.15) is 19.3 Å². The van der Waals surface area contributed by atoms with E-state index in [1.807, 2.05) is 33.3 Å². The van der Waals surface area contributed by atoms with E-state index in [1.165, 1.54) is 89.9 Å². The topological polar surface area (TPSA) is 111 Å². The van der Waals surface area contributed by atoms with E-state index in [1.54, 1.807) is 0 Å². The van der Waals surface area contributed by atoms with E-state index in [4.69, 9.17) is 13.8 Å². The number of likely N-dealkylation sites (N-methyl/N-ethyl adjacent to an activating group) is 1. The molecule has 2 N–H and O–H groups in total. The first-order valence-electron chi connectivity index (χ1n) is 35.2. The normalized spacial score (nSPS) is 14.4. The first-order valence-corrected chi connectivity index (χ1v) is 36.7. The molecule has 0 saturated heterocycles. The molecule has 0 aromatic heterocycles. The highest BCUT2D eigenvalue weighted by atomic mass is 31.2. The van der Waals surface area contributed by atoms with Crippen molar-refractivity contribution in [2.24, 2.45) is 0 Å². The van der Waals surface area contributed by atoms with Gasteiger partial charge in [-0.15, -0.1) is 0 Å². The van der Waals surface area contributed by atoms with Gasteiger partial charge in [-0.25, -0.2) is 4.57 Å². The van der Waals surface area contributed by atoms with E-state index in [9.17, 15) is 19.0 Å². The molecule has 0 heterocycles. The predicted molar refractivity (Wildman–Crippen MR) is 378 cm³/mol. The van der Waals surface area contributed by atoms with Crippen LogP contribution in [0.15, 0.2) is 146 Å². The second-order valence-corrected chi connectivity index (χ2v) is 25.7. The van der Waals surface area contributed by atoms with Crippen molar-refractivity contribution in [3.05, 3.63) is 146 Å². The summed E-state index contributed by atoms with van der Waals surface area (Å²) >= 11 is 0. The summed E-state index contributed by atoms with van der Waals surface area (Å²) in [6.07, 6.45) is 94.3. The largest absolute Gasteiger partial charge is 0.472 e. The fourth-order valence-electron chi connectivity index (χ4n) is 9.44. The average Bonchev–Trinajstić information content (AvgIpc) is 3.70. The minimum atomic E-state index is -4.47. The van der Waals surface area contributed by atoms with Crippen molar-refractivity contribution in [3.63, 3.8) is 0 Å². The predicted octanol–water partition coefficient (Wildman–Crippen LogP) is 22.6. The van der Waals surface area contributed by atoms with Crippen molar-refractivity contribution in [3.8, 4) is 0 Å². The second-order valence-electron chi connectivity index (χ2n) is 24.3. The number of quaternary nitrogens is 1. The van der Waals surface area contributed by atoms with Gasteiger partial charge in [-0.3, -0.25) is 18.6 Å². The molecular formula is C77H132N2O7P+. The summed E-state index contributed by atoms with van der Waals surface area (Å²) in [7, 11) is 1.46. The van der Waals surface area contributed by atoms with E-state index < -0.39 is 20.0 Å². The molecule has 496 valence electrons. The number of nitrogens with zero attached hydrogens (tertiary/aromatic N) is 1. The summed E-state index contributed by atoms with van der Waals surface area (Å²) < 4.78 is 30.8. The molecular weight excluding hydrogens is 1100 g/mol. The lowest BCUT2D eigenvalue weighted by Gasteiger charge is -2.27. The highest BCUT2D eigenvalue weighted by molar-refractivity contribution is 7.47. The van der Waals surface area contributed by atoms with Gasteiger partial charge in [0.25, 0.3) is 0 Å². The third kappa shape index (κ3) is 66.1. The van der Waals surface area contributed by atoms with Gasteiger partial charge in [-0.2, -0.15) is 0 Å².